The van der Waals surface area contributed by atoms with Crippen LogP contribution in [0.15, 0.2) is 72.0 Å². The number of amides is 1. The molecule has 0 aliphatic heterocycles. The molecule has 140 valence electrons. The van der Waals surface area contributed by atoms with Crippen LogP contribution < -0.4 is 10.2 Å². The highest BCUT2D eigenvalue weighted by molar-refractivity contribution is 14.1. The van der Waals surface area contributed by atoms with Crippen LogP contribution in [0.4, 0.5) is 0 Å². The van der Waals surface area contributed by atoms with Crippen LogP contribution in [0.25, 0.3) is 0 Å². The van der Waals surface area contributed by atoms with Gasteiger partial charge in [-0.2, -0.15) is 5.10 Å². The number of hydrogen-bond donors (Lipinski definition) is 1. The summed E-state index contributed by atoms with van der Waals surface area (Å²) < 4.78 is 6.21. The molecule has 0 spiro atoms. The fraction of sp³-hybridized carbons (Fsp3) is 0.0476. The van der Waals surface area contributed by atoms with Crippen molar-refractivity contribution in [2.45, 2.75) is 6.92 Å². The molecule has 0 fully saturated rings. The van der Waals surface area contributed by atoms with E-state index in [1.165, 1.54) is 12.4 Å². The quantitative estimate of drug-likeness (QED) is 0.195. The Morgan fingerprint density at radius 1 is 1.07 bits per heavy atom. The predicted octanol–water partition coefficient (Wildman–Crippen LogP) is 3.98. The molecule has 7 heteroatoms. The maximum Gasteiger partial charge on any atom is 0.344 e. The second-order valence-corrected chi connectivity index (χ2v) is 6.99. The number of ether oxygens (including phenoxy) is 1. The SMILES string of the molecule is Cc1ccc(C(=O)N/N=C\c2ccc(OC(=O)c3ccccc3I)cc2)cn1. The molecule has 6 nitrogen and oxygen atoms in total. The zero-order chi connectivity index (χ0) is 19.9. The molecule has 0 saturated heterocycles. The summed E-state index contributed by atoms with van der Waals surface area (Å²) in [4.78, 5) is 28.2. The minimum absolute atomic E-state index is 0.341. The van der Waals surface area contributed by atoms with E-state index in [0.717, 1.165) is 14.8 Å². The van der Waals surface area contributed by atoms with Crippen LogP contribution in [0.5, 0.6) is 5.75 Å². The van der Waals surface area contributed by atoms with Crippen molar-refractivity contribution in [3.63, 3.8) is 0 Å². The first-order valence-corrected chi connectivity index (χ1v) is 9.43. The summed E-state index contributed by atoms with van der Waals surface area (Å²) in [5.74, 6) is -0.325. The largest absolute Gasteiger partial charge is 0.423 e. The molecule has 1 N–H and O–H groups in total. The zero-order valence-corrected chi connectivity index (χ0v) is 17.1. The summed E-state index contributed by atoms with van der Waals surface area (Å²) in [6.07, 6.45) is 3.00. The van der Waals surface area contributed by atoms with Gasteiger partial charge in [0.15, 0.2) is 0 Å². The molecular weight excluding hydrogens is 469 g/mol. The molecule has 1 aromatic heterocycles. The highest BCUT2D eigenvalue weighted by Gasteiger charge is 2.11. The van der Waals surface area contributed by atoms with Crippen molar-refractivity contribution in [1.29, 1.82) is 0 Å². The number of aryl methyl sites for hydroxylation is 1. The van der Waals surface area contributed by atoms with E-state index in [0.29, 0.717) is 16.9 Å². The number of nitrogens with one attached hydrogen (secondary N) is 1. The van der Waals surface area contributed by atoms with E-state index < -0.39 is 5.97 Å². The van der Waals surface area contributed by atoms with Gasteiger partial charge in [0, 0.05) is 15.5 Å². The Bertz CT molecular complexity index is 1020. The van der Waals surface area contributed by atoms with Gasteiger partial charge in [-0.3, -0.25) is 9.78 Å². The van der Waals surface area contributed by atoms with E-state index in [2.05, 4.69) is 38.1 Å². The summed E-state index contributed by atoms with van der Waals surface area (Å²) in [5, 5.41) is 3.93. The van der Waals surface area contributed by atoms with Crippen LogP contribution in [0, 0.1) is 10.5 Å². The van der Waals surface area contributed by atoms with Crippen molar-refractivity contribution in [2.75, 3.05) is 0 Å². The molecule has 1 amide bonds. The number of pyridine rings is 1. The molecule has 0 bridgehead atoms. The van der Waals surface area contributed by atoms with Crippen LogP contribution in [0.2, 0.25) is 0 Å². The number of hydrazone groups is 1. The average Bonchev–Trinajstić information content (AvgIpc) is 2.70. The van der Waals surface area contributed by atoms with Gasteiger partial charge >= 0.3 is 5.97 Å². The van der Waals surface area contributed by atoms with Gasteiger partial charge in [-0.05, 0) is 83.6 Å². The number of carbonyl (C=O) groups is 2. The Labute approximate surface area is 175 Å². The summed E-state index contributed by atoms with van der Waals surface area (Å²) in [6.45, 7) is 1.85. The number of rotatable bonds is 5. The lowest BCUT2D eigenvalue weighted by Crippen LogP contribution is -2.17. The summed E-state index contributed by atoms with van der Waals surface area (Å²) in [7, 11) is 0. The van der Waals surface area contributed by atoms with Crippen molar-refractivity contribution in [2.24, 2.45) is 5.10 Å². The standard InChI is InChI=1S/C21H16IN3O3/c1-14-6-9-16(13-23-14)20(26)25-24-12-15-7-10-17(11-8-15)28-21(27)18-4-2-3-5-19(18)22/h2-13H,1H3,(H,25,26)/b24-12-. The first kappa shape index (κ1) is 19.7. The fourth-order valence-electron chi connectivity index (χ4n) is 2.24. The Balaban J connectivity index is 1.57. The summed E-state index contributed by atoms with van der Waals surface area (Å²) in [5.41, 5.74) is 4.98. The van der Waals surface area contributed by atoms with E-state index in [-0.39, 0.29) is 5.91 Å². The van der Waals surface area contributed by atoms with Gasteiger partial charge in [-0.1, -0.05) is 12.1 Å². The number of hydrogen-bond acceptors (Lipinski definition) is 5. The number of halogens is 1. The van der Waals surface area contributed by atoms with Gasteiger partial charge < -0.3 is 4.74 Å². The lowest BCUT2D eigenvalue weighted by atomic mass is 10.2. The first-order chi connectivity index (χ1) is 13.5. The first-order valence-electron chi connectivity index (χ1n) is 8.36. The third-order valence-electron chi connectivity index (χ3n) is 3.74. The molecule has 0 aliphatic carbocycles. The number of benzene rings is 2. The van der Waals surface area contributed by atoms with Crippen LogP contribution >= 0.6 is 22.6 Å². The van der Waals surface area contributed by atoms with Gasteiger partial charge in [0.2, 0.25) is 0 Å². The topological polar surface area (TPSA) is 80.6 Å². The maximum atomic E-state index is 12.2. The lowest BCUT2D eigenvalue weighted by molar-refractivity contribution is 0.0733. The van der Waals surface area contributed by atoms with Crippen LogP contribution in [0.3, 0.4) is 0 Å². The number of esters is 1. The normalized spacial score (nSPS) is 10.6. The lowest BCUT2D eigenvalue weighted by Gasteiger charge is -2.06. The van der Waals surface area contributed by atoms with Gasteiger partial charge in [0.25, 0.3) is 5.91 Å². The monoisotopic (exact) mass is 485 g/mol. The Kier molecular flexibility index (Phi) is 6.49. The number of aromatic nitrogens is 1. The summed E-state index contributed by atoms with van der Waals surface area (Å²) in [6, 6.07) is 17.5. The van der Waals surface area contributed by atoms with Crippen LogP contribution in [-0.2, 0) is 0 Å². The summed E-state index contributed by atoms with van der Waals surface area (Å²) >= 11 is 2.09. The third-order valence-corrected chi connectivity index (χ3v) is 4.68. The molecular formula is C21H16IN3O3. The van der Waals surface area contributed by atoms with E-state index in [1.807, 2.05) is 19.1 Å². The molecule has 1 heterocycles. The van der Waals surface area contributed by atoms with Gasteiger partial charge in [-0.25, -0.2) is 10.2 Å². The average molecular weight is 485 g/mol. The van der Waals surface area contributed by atoms with E-state index in [4.69, 9.17) is 4.74 Å². The maximum absolute atomic E-state index is 12.2. The fourth-order valence-corrected chi connectivity index (χ4v) is 2.85. The van der Waals surface area contributed by atoms with Gasteiger partial charge in [0.05, 0.1) is 17.3 Å². The molecule has 3 rings (SSSR count). The van der Waals surface area contributed by atoms with Gasteiger partial charge in [0.1, 0.15) is 5.75 Å². The third kappa shape index (κ3) is 5.23. The predicted molar refractivity (Wildman–Crippen MR) is 115 cm³/mol. The second kappa shape index (κ2) is 9.23. The molecule has 3 aromatic rings. The number of carbonyl (C=O) groups excluding carboxylic acids is 2. The van der Waals surface area contributed by atoms with E-state index in [9.17, 15) is 9.59 Å². The van der Waals surface area contributed by atoms with Crippen LogP contribution in [-0.4, -0.2) is 23.1 Å². The Morgan fingerprint density at radius 2 is 1.82 bits per heavy atom. The minimum atomic E-state index is -0.412. The molecule has 0 unspecified atom stereocenters. The molecule has 0 saturated carbocycles. The Morgan fingerprint density at radius 3 is 2.50 bits per heavy atom. The minimum Gasteiger partial charge on any atom is -0.423 e. The van der Waals surface area contributed by atoms with E-state index >= 15 is 0 Å². The molecule has 0 atom stereocenters. The van der Waals surface area contributed by atoms with Crippen molar-refractivity contribution in [3.8, 4) is 5.75 Å². The molecule has 0 aliphatic rings. The van der Waals surface area contributed by atoms with Crippen LogP contribution in [0.1, 0.15) is 32.0 Å². The highest BCUT2D eigenvalue weighted by Crippen LogP contribution is 2.17. The van der Waals surface area contributed by atoms with Gasteiger partial charge in [-0.15, -0.1) is 0 Å². The zero-order valence-electron chi connectivity index (χ0n) is 14.9. The molecule has 2 aromatic carbocycles. The number of nitrogens with zero attached hydrogens (tertiary/aromatic N) is 2. The smallest absolute Gasteiger partial charge is 0.344 e. The Hall–Kier alpha value is -3.07. The van der Waals surface area contributed by atoms with Crippen molar-refractivity contribution < 1.29 is 14.3 Å². The van der Waals surface area contributed by atoms with Crippen molar-refractivity contribution >= 4 is 40.7 Å². The molecule has 28 heavy (non-hydrogen) atoms. The van der Waals surface area contributed by atoms with Crippen molar-refractivity contribution in [3.05, 3.63) is 92.8 Å². The molecule has 0 radical (unpaired) electrons. The second-order valence-electron chi connectivity index (χ2n) is 5.83. The van der Waals surface area contributed by atoms with E-state index in [1.54, 1.807) is 48.5 Å². The van der Waals surface area contributed by atoms with Crippen molar-refractivity contribution in [1.82, 2.24) is 10.4 Å². The highest BCUT2D eigenvalue weighted by atomic mass is 127.